The lowest BCUT2D eigenvalue weighted by atomic mass is 10.1. The topological polar surface area (TPSA) is 133 Å². The van der Waals surface area contributed by atoms with Crippen LogP contribution in [0.15, 0.2) is 30.5 Å². The molecule has 4 N–H and O–H groups in total. The number of aliphatic hydroxyl groups excluding tert-OH is 1. The van der Waals surface area contributed by atoms with Crippen LogP contribution in [-0.2, 0) is 19.0 Å². The van der Waals surface area contributed by atoms with Gasteiger partial charge in [-0.3, -0.25) is 10.8 Å². The molecule has 0 fully saturated rings. The summed E-state index contributed by atoms with van der Waals surface area (Å²) < 4.78 is 13.8. The van der Waals surface area contributed by atoms with E-state index in [-0.39, 0.29) is 11.3 Å². The maximum Gasteiger partial charge on any atom is 0.361 e. The molecule has 1 aromatic carbocycles. The van der Waals surface area contributed by atoms with Crippen molar-refractivity contribution in [1.82, 2.24) is 0 Å². The summed E-state index contributed by atoms with van der Waals surface area (Å²) in [5, 5.41) is 33.1. The summed E-state index contributed by atoms with van der Waals surface area (Å²) in [4.78, 5) is 11.8. The van der Waals surface area contributed by atoms with Gasteiger partial charge in [-0.2, -0.15) is 0 Å². The molecule has 1 atom stereocenters. The summed E-state index contributed by atoms with van der Waals surface area (Å²) in [7, 11) is 0. The first-order valence-corrected chi connectivity index (χ1v) is 5.37. The summed E-state index contributed by atoms with van der Waals surface area (Å²) in [5.41, 5.74) is 0.230. The Morgan fingerprint density at radius 3 is 2.35 bits per heavy atom. The molecule has 8 nitrogen and oxygen atoms in total. The van der Waals surface area contributed by atoms with Gasteiger partial charge in [0, 0.05) is 0 Å². The average molecular weight is 278 g/mol. The van der Waals surface area contributed by atoms with Crippen LogP contribution in [0.4, 0.5) is 0 Å². The van der Waals surface area contributed by atoms with E-state index in [0.717, 1.165) is 6.26 Å². The number of phenols is 1. The minimum Gasteiger partial charge on any atom is -0.508 e. The molecule has 0 aliphatic carbocycles. The van der Waals surface area contributed by atoms with Gasteiger partial charge >= 0.3 is 12.4 Å². The van der Waals surface area contributed by atoms with Gasteiger partial charge in [0.25, 0.3) is 11.8 Å². The predicted octanol–water partition coefficient (Wildman–Crippen LogP) is 0.554. The van der Waals surface area contributed by atoms with Gasteiger partial charge in [0.1, 0.15) is 17.6 Å². The zero-order chi connectivity index (χ0) is 14.7. The third kappa shape index (κ3) is 2.93. The van der Waals surface area contributed by atoms with Crippen molar-refractivity contribution in [3.05, 3.63) is 36.1 Å². The van der Waals surface area contributed by atoms with Crippen molar-refractivity contribution in [2.75, 3.05) is 0 Å². The summed E-state index contributed by atoms with van der Waals surface area (Å²) >= 11 is 0. The van der Waals surface area contributed by atoms with Crippen molar-refractivity contribution in [2.24, 2.45) is 0 Å². The van der Waals surface area contributed by atoms with E-state index >= 15 is 0 Å². The quantitative estimate of drug-likeness (QED) is 0.554. The zero-order valence-corrected chi connectivity index (χ0v) is 9.99. The minimum atomic E-state index is -2.02. The number of cyclic esters (lactones) is 1. The van der Waals surface area contributed by atoms with E-state index in [4.69, 9.17) is 15.6 Å². The maximum atomic E-state index is 11.8. The molecule has 2 rings (SSSR count). The molecule has 0 spiro atoms. The highest BCUT2D eigenvalue weighted by Crippen LogP contribution is 2.21. The van der Waals surface area contributed by atoms with Gasteiger partial charge in [-0.1, -0.05) is 12.1 Å². The van der Waals surface area contributed by atoms with E-state index in [1.165, 1.54) is 24.3 Å². The normalized spacial score (nSPS) is 22.4. The minimum absolute atomic E-state index is 0.00425. The number of phenolic OH excluding ortho intramolecular Hbond substituents is 1. The molecule has 1 aliphatic heterocycles. The number of carbonyl (C=O) groups is 1. The fourth-order valence-corrected chi connectivity index (χ4v) is 1.38. The lowest BCUT2D eigenvalue weighted by Gasteiger charge is -2.12. The Morgan fingerprint density at radius 1 is 1.05 bits per heavy atom. The van der Waals surface area contributed by atoms with Crippen molar-refractivity contribution in [2.45, 2.75) is 6.48 Å². The predicted molar refractivity (Wildman–Crippen MR) is 65.8 cm³/mol. The van der Waals surface area contributed by atoms with Gasteiger partial charge in [0.15, 0.2) is 0 Å². The van der Waals surface area contributed by atoms with Crippen LogP contribution in [0, 0.1) is 10.8 Å². The van der Waals surface area contributed by atoms with Crippen LogP contribution in [0.3, 0.4) is 0 Å². The van der Waals surface area contributed by atoms with Gasteiger partial charge in [-0.15, -0.1) is 0 Å². The molecule has 0 radical (unpaired) electrons. The highest BCUT2D eigenvalue weighted by atomic mass is 16.8. The van der Waals surface area contributed by atoms with Gasteiger partial charge in [0.2, 0.25) is 0 Å². The Hall–Kier alpha value is -2.87. The number of aliphatic hydroxyl groups is 1. The Kier molecular flexibility index (Phi) is 3.67. The van der Waals surface area contributed by atoms with Crippen LogP contribution < -0.4 is 0 Å². The van der Waals surface area contributed by atoms with Gasteiger partial charge in [-0.05, 0) is 17.7 Å². The first kappa shape index (κ1) is 13.6. The number of ether oxygens (including phenoxy) is 3. The van der Waals surface area contributed by atoms with E-state index in [2.05, 4.69) is 9.47 Å². The van der Waals surface area contributed by atoms with Gasteiger partial charge in [-0.25, -0.2) is 4.79 Å². The first-order valence-electron chi connectivity index (χ1n) is 5.37. The van der Waals surface area contributed by atoms with Crippen molar-refractivity contribution in [1.29, 1.82) is 10.8 Å². The number of benzene rings is 1. The van der Waals surface area contributed by atoms with Crippen molar-refractivity contribution in [3.63, 3.8) is 0 Å². The monoisotopic (exact) mass is 278 g/mol. The van der Waals surface area contributed by atoms with Crippen LogP contribution in [0.5, 0.6) is 5.75 Å². The Bertz CT molecular complexity index is 592. The van der Waals surface area contributed by atoms with Crippen molar-refractivity contribution < 1.29 is 29.2 Å². The molecule has 104 valence electrons. The van der Waals surface area contributed by atoms with Crippen LogP contribution in [0.2, 0.25) is 0 Å². The highest BCUT2D eigenvalue weighted by Gasteiger charge is 2.24. The number of nitrogens with one attached hydrogen (secondary N) is 2. The molecule has 20 heavy (non-hydrogen) atoms. The number of hydrogen-bond acceptors (Lipinski definition) is 8. The van der Waals surface area contributed by atoms with Crippen LogP contribution in [0.25, 0.3) is 5.57 Å². The Balaban J connectivity index is 2.37. The van der Waals surface area contributed by atoms with E-state index in [1.54, 1.807) is 0 Å². The molecule has 0 saturated heterocycles. The molecule has 1 unspecified atom stereocenters. The van der Waals surface area contributed by atoms with E-state index in [0.29, 0.717) is 5.56 Å². The van der Waals surface area contributed by atoms with E-state index < -0.39 is 24.2 Å². The van der Waals surface area contributed by atoms with Gasteiger partial charge in [0.05, 0.1) is 0 Å². The molecule has 0 aromatic heterocycles. The van der Waals surface area contributed by atoms with Crippen LogP contribution >= 0.6 is 0 Å². The van der Waals surface area contributed by atoms with Gasteiger partial charge < -0.3 is 24.4 Å². The fraction of sp³-hybridized carbons (Fsp3) is 0.0833. The lowest BCUT2D eigenvalue weighted by Crippen LogP contribution is -2.26. The third-order valence-corrected chi connectivity index (χ3v) is 2.33. The standard InChI is InChI=1S/C12H10N2O6/c13-9-10(14)19-12(17)20-11(16)8(5-18-9)6-1-3-7(15)4-2-6/h1-5,12-15,17H/b8-5-,13-9?,14-10?. The summed E-state index contributed by atoms with van der Waals surface area (Å²) in [6.07, 6.45) is 0.910. The summed E-state index contributed by atoms with van der Waals surface area (Å²) in [6.45, 7) is -2.02. The summed E-state index contributed by atoms with van der Waals surface area (Å²) in [6, 6.07) is 5.53. The number of hydrogen-bond donors (Lipinski definition) is 4. The van der Waals surface area contributed by atoms with E-state index in [1.807, 2.05) is 0 Å². The Morgan fingerprint density at radius 2 is 1.70 bits per heavy atom. The van der Waals surface area contributed by atoms with E-state index in [9.17, 15) is 15.0 Å². The SMILES string of the molecule is N=C1O/C=C(/c2ccc(O)cc2)C(=O)OC(O)OC1=N. The van der Waals surface area contributed by atoms with Crippen molar-refractivity contribution >= 4 is 23.3 Å². The molecule has 0 saturated carbocycles. The second-order valence-corrected chi connectivity index (χ2v) is 3.68. The summed E-state index contributed by atoms with van der Waals surface area (Å²) in [5.74, 6) is -2.44. The average Bonchev–Trinajstić information content (AvgIpc) is 2.43. The number of aromatic hydroxyl groups is 1. The first-order chi connectivity index (χ1) is 9.47. The second kappa shape index (κ2) is 5.41. The molecular formula is C12H10N2O6. The highest BCUT2D eigenvalue weighted by molar-refractivity contribution is 6.33. The lowest BCUT2D eigenvalue weighted by molar-refractivity contribution is -0.216. The number of esters is 1. The largest absolute Gasteiger partial charge is 0.508 e. The molecule has 0 bridgehead atoms. The zero-order valence-electron chi connectivity index (χ0n) is 9.99. The second-order valence-electron chi connectivity index (χ2n) is 3.68. The molecule has 1 aromatic rings. The molecule has 0 amide bonds. The molecule has 1 aliphatic rings. The van der Waals surface area contributed by atoms with Crippen LogP contribution in [-0.4, -0.2) is 34.5 Å². The third-order valence-electron chi connectivity index (χ3n) is 2.33. The molecular weight excluding hydrogens is 268 g/mol. The fourth-order valence-electron chi connectivity index (χ4n) is 1.38. The number of rotatable bonds is 1. The molecule has 1 heterocycles. The number of carbonyl (C=O) groups excluding carboxylic acids is 1. The smallest absolute Gasteiger partial charge is 0.361 e. The molecule has 8 heteroatoms. The Labute approximate surface area is 112 Å². The maximum absolute atomic E-state index is 11.8. The van der Waals surface area contributed by atoms with Crippen LogP contribution in [0.1, 0.15) is 5.56 Å². The van der Waals surface area contributed by atoms with Crippen molar-refractivity contribution in [3.8, 4) is 5.75 Å².